The molecule has 0 radical (unpaired) electrons. The van der Waals surface area contributed by atoms with Crippen LogP contribution in [0.1, 0.15) is 31.1 Å². The van der Waals surface area contributed by atoms with Crippen LogP contribution < -0.4 is 10.9 Å². The van der Waals surface area contributed by atoms with E-state index in [-0.39, 0.29) is 0 Å². The first kappa shape index (κ1) is 18.6. The van der Waals surface area contributed by atoms with Gasteiger partial charge in [-0.3, -0.25) is 25.7 Å². The summed E-state index contributed by atoms with van der Waals surface area (Å²) in [4.78, 5) is 42.5. The maximum Gasteiger partial charge on any atom is 0.426 e. The van der Waals surface area contributed by atoms with Crippen molar-refractivity contribution in [3.63, 3.8) is 0 Å². The number of nitro benzene ring substituents is 2. The Kier molecular flexibility index (Phi) is 5.25. The van der Waals surface area contributed by atoms with Crippen molar-refractivity contribution in [1.82, 2.24) is 5.43 Å². The number of anilines is 1. The third-order valence-electron chi connectivity index (χ3n) is 2.43. The summed E-state index contributed by atoms with van der Waals surface area (Å²) in [5.41, 5.74) is -0.00905. The fourth-order valence-electron chi connectivity index (χ4n) is 1.57. The van der Waals surface area contributed by atoms with E-state index in [0.717, 1.165) is 0 Å². The molecule has 0 aromatic heterocycles. The van der Waals surface area contributed by atoms with Gasteiger partial charge in [-0.1, -0.05) is 0 Å². The fraction of sp³-hybridized carbons (Fsp3) is 0.333. The number of hydrazine groups is 1. The highest BCUT2D eigenvalue weighted by Gasteiger charge is 2.29. The van der Waals surface area contributed by atoms with E-state index in [9.17, 15) is 29.8 Å². The molecule has 0 aliphatic rings. The first-order valence-corrected chi connectivity index (χ1v) is 6.37. The maximum atomic E-state index is 11.5. The van der Waals surface area contributed by atoms with Crippen LogP contribution in [0.2, 0.25) is 0 Å². The number of hydrogen-bond donors (Lipinski definition) is 3. The molecule has 0 saturated heterocycles. The van der Waals surface area contributed by atoms with Gasteiger partial charge in [-0.15, -0.1) is 0 Å². The Hall–Kier alpha value is -3.44. The number of nitro groups is 2. The predicted octanol–water partition coefficient (Wildman–Crippen LogP) is 2.05. The Morgan fingerprint density at radius 3 is 1.92 bits per heavy atom. The van der Waals surface area contributed by atoms with E-state index in [0.29, 0.717) is 12.1 Å². The molecule has 0 heterocycles. The summed E-state index contributed by atoms with van der Waals surface area (Å²) in [5, 5.41) is 31.0. The van der Waals surface area contributed by atoms with Crippen molar-refractivity contribution >= 4 is 29.1 Å². The Morgan fingerprint density at radius 2 is 1.58 bits per heavy atom. The van der Waals surface area contributed by atoms with E-state index in [1.54, 1.807) is 20.8 Å². The molecule has 0 aliphatic carbocycles. The van der Waals surface area contributed by atoms with Crippen molar-refractivity contribution in [3.05, 3.63) is 37.9 Å². The van der Waals surface area contributed by atoms with Crippen molar-refractivity contribution < 1.29 is 29.3 Å². The smallest absolute Gasteiger partial charge is 0.426 e. The zero-order valence-electron chi connectivity index (χ0n) is 12.9. The summed E-state index contributed by atoms with van der Waals surface area (Å²) in [6, 6.07) is 1.27. The van der Waals surface area contributed by atoms with Gasteiger partial charge in [0.15, 0.2) is 0 Å². The first-order valence-electron chi connectivity index (χ1n) is 6.37. The summed E-state index contributed by atoms with van der Waals surface area (Å²) in [6.45, 7) is 4.71. The van der Waals surface area contributed by atoms with Crippen molar-refractivity contribution in [2.24, 2.45) is 0 Å². The van der Waals surface area contributed by atoms with Crippen LogP contribution in [0, 0.1) is 20.2 Å². The number of aromatic carboxylic acids is 1. The van der Waals surface area contributed by atoms with E-state index in [1.807, 2.05) is 10.9 Å². The van der Waals surface area contributed by atoms with E-state index in [4.69, 9.17) is 9.84 Å². The van der Waals surface area contributed by atoms with Crippen molar-refractivity contribution in [2.45, 2.75) is 26.4 Å². The highest BCUT2D eigenvalue weighted by atomic mass is 16.6. The number of amides is 1. The van der Waals surface area contributed by atoms with Gasteiger partial charge in [0.1, 0.15) is 5.60 Å². The van der Waals surface area contributed by atoms with Crippen molar-refractivity contribution in [3.8, 4) is 0 Å². The van der Waals surface area contributed by atoms with Crippen LogP contribution in [0.3, 0.4) is 0 Å². The van der Waals surface area contributed by atoms with E-state index in [1.165, 1.54) is 0 Å². The van der Waals surface area contributed by atoms with Crippen LogP contribution in [0.4, 0.5) is 21.9 Å². The molecule has 1 aromatic rings. The highest BCUT2D eigenvalue weighted by molar-refractivity contribution is 5.92. The molecule has 3 N–H and O–H groups in total. The second-order valence-corrected chi connectivity index (χ2v) is 5.46. The van der Waals surface area contributed by atoms with Gasteiger partial charge in [-0.05, 0) is 20.8 Å². The lowest BCUT2D eigenvalue weighted by atomic mass is 10.1. The zero-order valence-corrected chi connectivity index (χ0v) is 12.9. The second-order valence-electron chi connectivity index (χ2n) is 5.46. The van der Waals surface area contributed by atoms with Crippen LogP contribution in [-0.2, 0) is 4.74 Å². The van der Waals surface area contributed by atoms with Crippen molar-refractivity contribution in [2.75, 3.05) is 5.43 Å². The van der Waals surface area contributed by atoms with Crippen LogP contribution in [0.25, 0.3) is 0 Å². The molecule has 0 atom stereocenters. The molecule has 0 aliphatic heterocycles. The monoisotopic (exact) mass is 342 g/mol. The minimum Gasteiger partial charge on any atom is -0.478 e. The number of benzene rings is 1. The molecule has 0 bridgehead atoms. The maximum absolute atomic E-state index is 11.5. The van der Waals surface area contributed by atoms with Crippen molar-refractivity contribution in [1.29, 1.82) is 0 Å². The molecule has 24 heavy (non-hydrogen) atoms. The number of carbonyl (C=O) groups excluding carboxylic acids is 1. The lowest BCUT2D eigenvalue weighted by molar-refractivity contribution is -0.392. The predicted molar refractivity (Wildman–Crippen MR) is 79.7 cm³/mol. The molecule has 0 spiro atoms. The Bertz CT molecular complexity index is 674. The number of ether oxygens (including phenoxy) is 1. The average molecular weight is 342 g/mol. The number of carboxylic acid groups (broad SMARTS) is 1. The Balaban J connectivity index is 3.25. The normalized spacial score (nSPS) is 10.6. The van der Waals surface area contributed by atoms with Crippen LogP contribution in [-0.4, -0.2) is 32.6 Å². The quantitative estimate of drug-likeness (QED) is 0.534. The van der Waals surface area contributed by atoms with Crippen LogP contribution in [0.5, 0.6) is 0 Å². The Morgan fingerprint density at radius 1 is 1.12 bits per heavy atom. The van der Waals surface area contributed by atoms with Gasteiger partial charge >= 0.3 is 23.4 Å². The summed E-state index contributed by atoms with van der Waals surface area (Å²) in [6.07, 6.45) is -1.03. The topological polar surface area (TPSA) is 174 Å². The van der Waals surface area contributed by atoms with Crippen LogP contribution >= 0.6 is 0 Å². The van der Waals surface area contributed by atoms with Gasteiger partial charge in [-0.25, -0.2) is 15.0 Å². The number of nitrogens with zero attached hydrogens (tertiary/aromatic N) is 2. The third-order valence-corrected chi connectivity index (χ3v) is 2.43. The highest BCUT2D eigenvalue weighted by Crippen LogP contribution is 2.35. The number of carboxylic acids is 1. The van der Waals surface area contributed by atoms with Gasteiger partial charge in [0.05, 0.1) is 15.4 Å². The summed E-state index contributed by atoms with van der Waals surface area (Å²) in [7, 11) is 0. The van der Waals surface area contributed by atoms with Gasteiger partial charge < -0.3 is 9.84 Å². The molecule has 130 valence electrons. The summed E-state index contributed by atoms with van der Waals surface area (Å²) >= 11 is 0. The molecule has 0 unspecified atom stereocenters. The average Bonchev–Trinajstić information content (AvgIpc) is 2.41. The molecule has 1 aromatic carbocycles. The SMILES string of the molecule is CC(C)(C)OC(=O)NNc1c([N+](=O)[O-])cc(C(=O)O)cc1[N+](=O)[O-]. The first-order chi connectivity index (χ1) is 10.9. The van der Waals surface area contributed by atoms with E-state index >= 15 is 0 Å². The molecule has 0 saturated carbocycles. The fourth-order valence-corrected chi connectivity index (χ4v) is 1.57. The van der Waals surface area contributed by atoms with E-state index in [2.05, 4.69) is 0 Å². The number of rotatable bonds is 5. The third kappa shape index (κ3) is 4.79. The van der Waals surface area contributed by atoms with Gasteiger partial charge in [0.2, 0.25) is 5.69 Å². The van der Waals surface area contributed by atoms with Crippen LogP contribution in [0.15, 0.2) is 12.1 Å². The zero-order chi connectivity index (χ0) is 18.7. The lowest BCUT2D eigenvalue weighted by Gasteiger charge is -2.20. The Labute approximate surface area is 134 Å². The standard InChI is InChI=1S/C12H14N4O8/c1-12(2,3)24-11(19)14-13-9-7(15(20)21)4-6(10(17)18)5-8(9)16(22)23/h4-5,13H,1-3H3,(H,14,19)(H,17,18). The molecule has 0 fully saturated rings. The number of carbonyl (C=O) groups is 2. The van der Waals surface area contributed by atoms with Gasteiger partial charge in [0, 0.05) is 12.1 Å². The largest absolute Gasteiger partial charge is 0.478 e. The number of hydrogen-bond acceptors (Lipinski definition) is 8. The molecular formula is C12H14N4O8. The molecule has 12 nitrogen and oxygen atoms in total. The molecule has 1 rings (SSSR count). The lowest BCUT2D eigenvalue weighted by Crippen LogP contribution is -2.36. The summed E-state index contributed by atoms with van der Waals surface area (Å²) < 4.78 is 4.88. The summed E-state index contributed by atoms with van der Waals surface area (Å²) in [5.74, 6) is -1.58. The minimum absolute atomic E-state index is 0.633. The number of nitrogens with one attached hydrogen (secondary N) is 2. The van der Waals surface area contributed by atoms with Gasteiger partial charge in [-0.2, -0.15) is 0 Å². The minimum atomic E-state index is -1.58. The molecule has 12 heteroatoms. The molecular weight excluding hydrogens is 328 g/mol. The van der Waals surface area contributed by atoms with Gasteiger partial charge in [0.25, 0.3) is 0 Å². The van der Waals surface area contributed by atoms with E-state index < -0.39 is 50.1 Å². The molecule has 1 amide bonds. The second kappa shape index (κ2) is 6.76.